The van der Waals surface area contributed by atoms with E-state index in [2.05, 4.69) is 9.88 Å². The van der Waals surface area contributed by atoms with Gasteiger partial charge in [-0.1, -0.05) is 17.3 Å². The zero-order valence-electron chi connectivity index (χ0n) is 17.9. The van der Waals surface area contributed by atoms with Gasteiger partial charge in [0.25, 0.3) is 10.0 Å². The van der Waals surface area contributed by atoms with Gasteiger partial charge in [-0.15, -0.1) is 0 Å². The van der Waals surface area contributed by atoms with Gasteiger partial charge in [-0.2, -0.15) is 0 Å². The molecule has 0 radical (unpaired) electrons. The standard InChI is InChI=1S/C23H24N2O6S/c1-3-30-23(26)19-14-21(31-24-19)16-11-12-20(29-2)22(13-16)32(27,28)25-18-10-6-8-15-7-4-5-9-17(15)18/h6,8,10-14,25H,3-5,7,9H2,1-2H3. The Hall–Kier alpha value is -3.33. The predicted octanol–water partition coefficient (Wildman–Crippen LogP) is 4.21. The van der Waals surface area contributed by atoms with Crippen LogP contribution in [-0.4, -0.2) is 33.3 Å². The van der Waals surface area contributed by atoms with Gasteiger partial charge in [0, 0.05) is 11.6 Å². The largest absolute Gasteiger partial charge is 0.495 e. The number of benzene rings is 2. The molecular formula is C23H24N2O6S. The molecule has 1 aromatic heterocycles. The molecule has 168 valence electrons. The molecule has 0 aliphatic heterocycles. The number of ether oxygens (including phenoxy) is 2. The Morgan fingerprint density at radius 1 is 1.16 bits per heavy atom. The van der Waals surface area contributed by atoms with Gasteiger partial charge in [-0.3, -0.25) is 4.72 Å². The molecule has 0 fully saturated rings. The molecule has 0 spiro atoms. The number of rotatable bonds is 7. The van der Waals surface area contributed by atoms with E-state index in [9.17, 15) is 13.2 Å². The van der Waals surface area contributed by atoms with Crippen LogP contribution in [0.3, 0.4) is 0 Å². The molecule has 0 amide bonds. The minimum Gasteiger partial charge on any atom is -0.495 e. The summed E-state index contributed by atoms with van der Waals surface area (Å²) >= 11 is 0. The van der Waals surface area contributed by atoms with E-state index in [4.69, 9.17) is 14.0 Å². The van der Waals surface area contributed by atoms with E-state index in [0.29, 0.717) is 11.3 Å². The Labute approximate surface area is 186 Å². The van der Waals surface area contributed by atoms with E-state index >= 15 is 0 Å². The summed E-state index contributed by atoms with van der Waals surface area (Å²) in [4.78, 5) is 11.8. The first kappa shape index (κ1) is 21.9. The van der Waals surface area contributed by atoms with Gasteiger partial charge >= 0.3 is 5.97 Å². The number of carbonyl (C=O) groups excluding carboxylic acids is 1. The van der Waals surface area contributed by atoms with Crippen LogP contribution in [0.2, 0.25) is 0 Å². The van der Waals surface area contributed by atoms with Crippen molar-refractivity contribution in [1.29, 1.82) is 0 Å². The fourth-order valence-corrected chi connectivity index (χ4v) is 5.12. The molecule has 9 heteroatoms. The number of sulfonamides is 1. The first-order valence-corrected chi connectivity index (χ1v) is 11.9. The lowest BCUT2D eigenvalue weighted by molar-refractivity contribution is 0.0514. The number of carbonyl (C=O) groups is 1. The van der Waals surface area contributed by atoms with Crippen LogP contribution in [0.4, 0.5) is 5.69 Å². The van der Waals surface area contributed by atoms with Crippen LogP contribution in [0.15, 0.2) is 51.9 Å². The second-order valence-corrected chi connectivity index (χ2v) is 9.07. The van der Waals surface area contributed by atoms with Crippen LogP contribution in [-0.2, 0) is 27.6 Å². The summed E-state index contributed by atoms with van der Waals surface area (Å²) in [5.41, 5.74) is 3.23. The molecule has 4 rings (SSSR count). The first-order chi connectivity index (χ1) is 15.4. The minimum atomic E-state index is -3.97. The molecule has 0 saturated heterocycles. The van der Waals surface area contributed by atoms with Gasteiger partial charge in [0.05, 0.1) is 19.4 Å². The number of nitrogens with one attached hydrogen (secondary N) is 1. The van der Waals surface area contributed by atoms with E-state index < -0.39 is 16.0 Å². The third kappa shape index (κ3) is 4.34. The Bertz CT molecular complexity index is 1250. The van der Waals surface area contributed by atoms with Crippen molar-refractivity contribution in [2.24, 2.45) is 0 Å². The molecule has 2 aromatic carbocycles. The Morgan fingerprint density at radius 3 is 2.75 bits per heavy atom. The molecule has 8 nitrogen and oxygen atoms in total. The zero-order valence-corrected chi connectivity index (χ0v) is 18.7. The summed E-state index contributed by atoms with van der Waals surface area (Å²) in [5, 5.41) is 3.72. The van der Waals surface area contributed by atoms with Gasteiger partial charge in [0.2, 0.25) is 0 Å². The quantitative estimate of drug-likeness (QED) is 0.531. The molecule has 0 saturated carbocycles. The second kappa shape index (κ2) is 9.04. The predicted molar refractivity (Wildman–Crippen MR) is 118 cm³/mol. The smallest absolute Gasteiger partial charge is 0.360 e. The van der Waals surface area contributed by atoms with Crippen LogP contribution in [0.1, 0.15) is 41.4 Å². The molecule has 0 atom stereocenters. The number of anilines is 1. The number of aryl methyl sites for hydroxylation is 1. The molecule has 32 heavy (non-hydrogen) atoms. The Kier molecular flexibility index (Phi) is 6.18. The van der Waals surface area contributed by atoms with Crippen LogP contribution < -0.4 is 9.46 Å². The van der Waals surface area contributed by atoms with E-state index in [-0.39, 0.29) is 28.7 Å². The monoisotopic (exact) mass is 456 g/mol. The molecule has 1 heterocycles. The number of hydrogen-bond acceptors (Lipinski definition) is 7. The molecule has 1 aliphatic carbocycles. The average molecular weight is 457 g/mol. The summed E-state index contributed by atoms with van der Waals surface area (Å²) < 4.78 is 44.9. The number of methoxy groups -OCH3 is 1. The van der Waals surface area contributed by atoms with E-state index in [1.807, 2.05) is 12.1 Å². The van der Waals surface area contributed by atoms with Gasteiger partial charge in [0.1, 0.15) is 10.6 Å². The highest BCUT2D eigenvalue weighted by Crippen LogP contribution is 2.34. The minimum absolute atomic E-state index is 0.0103. The topological polar surface area (TPSA) is 108 Å². The van der Waals surface area contributed by atoms with Crippen molar-refractivity contribution in [3.8, 4) is 17.1 Å². The number of esters is 1. The van der Waals surface area contributed by atoms with Gasteiger partial charge < -0.3 is 14.0 Å². The van der Waals surface area contributed by atoms with Crippen LogP contribution in [0, 0.1) is 0 Å². The van der Waals surface area contributed by atoms with Crippen molar-refractivity contribution in [3.05, 3.63) is 59.3 Å². The molecule has 0 bridgehead atoms. The second-order valence-electron chi connectivity index (χ2n) is 7.42. The summed E-state index contributed by atoms with van der Waals surface area (Å²) in [6.07, 6.45) is 3.90. The average Bonchev–Trinajstić information content (AvgIpc) is 3.29. The summed E-state index contributed by atoms with van der Waals surface area (Å²) in [6.45, 7) is 1.90. The van der Waals surface area contributed by atoms with E-state index in [0.717, 1.165) is 31.2 Å². The Balaban J connectivity index is 1.69. The van der Waals surface area contributed by atoms with Crippen molar-refractivity contribution in [2.45, 2.75) is 37.5 Å². The van der Waals surface area contributed by atoms with Gasteiger partial charge in [0.15, 0.2) is 11.5 Å². The highest BCUT2D eigenvalue weighted by molar-refractivity contribution is 7.92. The van der Waals surface area contributed by atoms with Crippen LogP contribution in [0.5, 0.6) is 5.75 Å². The molecule has 1 aliphatic rings. The zero-order chi connectivity index (χ0) is 22.7. The summed E-state index contributed by atoms with van der Waals surface area (Å²) in [7, 11) is -2.56. The molecular weight excluding hydrogens is 432 g/mol. The summed E-state index contributed by atoms with van der Waals surface area (Å²) in [5.74, 6) is -0.181. The van der Waals surface area contributed by atoms with Gasteiger partial charge in [-0.25, -0.2) is 13.2 Å². The number of fused-ring (bicyclic) bond motifs is 1. The highest BCUT2D eigenvalue weighted by atomic mass is 32.2. The third-order valence-corrected chi connectivity index (χ3v) is 6.76. The fraction of sp³-hybridized carbons (Fsp3) is 0.304. The molecule has 0 unspecified atom stereocenters. The normalized spacial score (nSPS) is 13.3. The van der Waals surface area contributed by atoms with Crippen LogP contribution >= 0.6 is 0 Å². The first-order valence-electron chi connectivity index (χ1n) is 10.4. The number of nitrogens with zero attached hydrogens (tertiary/aromatic N) is 1. The van der Waals surface area contributed by atoms with E-state index in [1.54, 1.807) is 19.1 Å². The van der Waals surface area contributed by atoms with Crippen molar-refractivity contribution in [3.63, 3.8) is 0 Å². The maximum absolute atomic E-state index is 13.3. The maximum atomic E-state index is 13.3. The fourth-order valence-electron chi connectivity index (χ4n) is 3.83. The Morgan fingerprint density at radius 2 is 1.97 bits per heavy atom. The van der Waals surface area contributed by atoms with Gasteiger partial charge in [-0.05, 0) is 68.0 Å². The van der Waals surface area contributed by atoms with Crippen LogP contribution in [0.25, 0.3) is 11.3 Å². The summed E-state index contributed by atoms with van der Waals surface area (Å²) in [6, 6.07) is 11.7. The van der Waals surface area contributed by atoms with Crippen molar-refractivity contribution in [1.82, 2.24) is 5.16 Å². The highest BCUT2D eigenvalue weighted by Gasteiger charge is 2.24. The molecule has 1 N–H and O–H groups in total. The lowest BCUT2D eigenvalue weighted by atomic mass is 9.91. The lowest BCUT2D eigenvalue weighted by Crippen LogP contribution is -2.17. The maximum Gasteiger partial charge on any atom is 0.360 e. The number of hydrogen-bond donors (Lipinski definition) is 1. The van der Waals surface area contributed by atoms with E-state index in [1.165, 1.54) is 30.9 Å². The lowest BCUT2D eigenvalue weighted by Gasteiger charge is -2.20. The number of aromatic nitrogens is 1. The van der Waals surface area contributed by atoms with Crippen molar-refractivity contribution in [2.75, 3.05) is 18.4 Å². The third-order valence-electron chi connectivity index (χ3n) is 5.37. The molecule has 3 aromatic rings. The van der Waals surface area contributed by atoms with Crippen molar-refractivity contribution >= 4 is 21.7 Å². The SMILES string of the molecule is CCOC(=O)c1cc(-c2ccc(OC)c(S(=O)(=O)Nc3cccc4c3CCCC4)c2)on1. The van der Waals surface area contributed by atoms with Crippen molar-refractivity contribution < 1.29 is 27.2 Å².